The van der Waals surface area contributed by atoms with Crippen LogP contribution in [0.3, 0.4) is 0 Å². The summed E-state index contributed by atoms with van der Waals surface area (Å²) in [7, 11) is 0. The number of ether oxygens (including phenoxy) is 1. The Hall–Kier alpha value is -0.690. The highest BCUT2D eigenvalue weighted by molar-refractivity contribution is 6.21. The Morgan fingerprint density at radius 1 is 1.11 bits per heavy atom. The van der Waals surface area contributed by atoms with Crippen LogP contribution >= 0.6 is 11.6 Å². The number of unbranched alkanes of at least 4 members (excludes halogenated alkanes) is 1. The van der Waals surface area contributed by atoms with Gasteiger partial charge in [-0.1, -0.05) is 38.8 Å². The topological polar surface area (TPSA) is 9.23 Å². The highest BCUT2D eigenvalue weighted by atomic mass is 35.5. The molecule has 0 saturated heterocycles. The third-order valence-electron chi connectivity index (χ3n) is 3.08. The Bertz CT molecular complexity index is 331. The van der Waals surface area contributed by atoms with E-state index in [0.29, 0.717) is 5.92 Å². The van der Waals surface area contributed by atoms with Crippen molar-refractivity contribution in [2.24, 2.45) is 5.92 Å². The van der Waals surface area contributed by atoms with Crippen LogP contribution in [0.15, 0.2) is 24.3 Å². The molecule has 2 heteroatoms. The lowest BCUT2D eigenvalue weighted by molar-refractivity contribution is 0.242. The number of alkyl halides is 1. The average Bonchev–Trinajstić information content (AvgIpc) is 2.35. The Labute approximate surface area is 116 Å². The Morgan fingerprint density at radius 2 is 1.72 bits per heavy atom. The fourth-order valence-electron chi connectivity index (χ4n) is 2.00. The molecule has 102 valence electrons. The molecule has 0 N–H and O–H groups in total. The minimum Gasteiger partial charge on any atom is -0.491 e. The zero-order chi connectivity index (χ0) is 13.5. The van der Waals surface area contributed by atoms with Crippen molar-refractivity contribution in [2.75, 3.05) is 0 Å². The van der Waals surface area contributed by atoms with Crippen LogP contribution in [-0.2, 0) is 0 Å². The first-order valence-corrected chi connectivity index (χ1v) is 7.39. The van der Waals surface area contributed by atoms with Crippen LogP contribution in [0.4, 0.5) is 0 Å². The minimum absolute atomic E-state index is 0.102. The van der Waals surface area contributed by atoms with Gasteiger partial charge in [0.15, 0.2) is 0 Å². The third kappa shape index (κ3) is 4.89. The van der Waals surface area contributed by atoms with Gasteiger partial charge in [-0.3, -0.25) is 0 Å². The Kier molecular flexibility index (Phi) is 6.56. The lowest BCUT2D eigenvalue weighted by atomic mass is 9.95. The maximum absolute atomic E-state index is 6.51. The van der Waals surface area contributed by atoms with Crippen molar-refractivity contribution >= 4 is 11.6 Å². The molecule has 0 amide bonds. The highest BCUT2D eigenvalue weighted by Crippen LogP contribution is 2.32. The van der Waals surface area contributed by atoms with E-state index in [1.807, 2.05) is 26.0 Å². The van der Waals surface area contributed by atoms with Gasteiger partial charge in [0, 0.05) is 0 Å². The van der Waals surface area contributed by atoms with Crippen LogP contribution in [0.5, 0.6) is 5.75 Å². The van der Waals surface area contributed by atoms with Crippen molar-refractivity contribution in [1.82, 2.24) is 0 Å². The molecule has 18 heavy (non-hydrogen) atoms. The van der Waals surface area contributed by atoms with E-state index in [9.17, 15) is 0 Å². The number of halogens is 1. The summed E-state index contributed by atoms with van der Waals surface area (Å²) in [4.78, 5) is 0. The average molecular weight is 269 g/mol. The van der Waals surface area contributed by atoms with Gasteiger partial charge in [-0.25, -0.2) is 0 Å². The molecule has 1 aromatic rings. The monoisotopic (exact) mass is 268 g/mol. The maximum Gasteiger partial charge on any atom is 0.119 e. The first-order chi connectivity index (χ1) is 8.54. The van der Waals surface area contributed by atoms with E-state index in [0.717, 1.165) is 5.75 Å². The van der Waals surface area contributed by atoms with Crippen molar-refractivity contribution in [3.8, 4) is 5.75 Å². The van der Waals surface area contributed by atoms with Crippen LogP contribution in [0, 0.1) is 5.92 Å². The summed E-state index contributed by atoms with van der Waals surface area (Å²) in [5.41, 5.74) is 1.19. The second-order valence-corrected chi connectivity index (χ2v) is 5.73. The molecule has 1 rings (SSSR count). The summed E-state index contributed by atoms with van der Waals surface area (Å²) in [6.07, 6.45) is 3.88. The molecule has 2 unspecified atom stereocenters. The number of hydrogen-bond acceptors (Lipinski definition) is 1. The zero-order valence-electron chi connectivity index (χ0n) is 11.9. The van der Waals surface area contributed by atoms with Gasteiger partial charge >= 0.3 is 0 Å². The van der Waals surface area contributed by atoms with Gasteiger partial charge in [-0.15, -0.1) is 11.6 Å². The smallest absolute Gasteiger partial charge is 0.119 e. The molecule has 0 aliphatic heterocycles. The van der Waals surface area contributed by atoms with Crippen molar-refractivity contribution in [3.63, 3.8) is 0 Å². The Morgan fingerprint density at radius 3 is 2.22 bits per heavy atom. The standard InChI is InChI=1S/C16H25ClO/c1-5-6-7-13(4)16(17)14-8-10-15(11-9-14)18-12(2)3/h8-13,16H,5-7H2,1-4H3. The maximum atomic E-state index is 6.51. The van der Waals surface area contributed by atoms with Crippen LogP contribution in [0.1, 0.15) is 57.9 Å². The van der Waals surface area contributed by atoms with Crippen LogP contribution < -0.4 is 4.74 Å². The lowest BCUT2D eigenvalue weighted by Crippen LogP contribution is -2.06. The molecule has 0 heterocycles. The molecular weight excluding hydrogens is 244 g/mol. The second-order valence-electron chi connectivity index (χ2n) is 5.26. The first kappa shape index (κ1) is 15.4. The number of rotatable bonds is 7. The molecule has 0 aliphatic rings. The van der Waals surface area contributed by atoms with Gasteiger partial charge in [0.1, 0.15) is 5.75 Å². The molecule has 0 spiro atoms. The van der Waals surface area contributed by atoms with Gasteiger partial charge in [0.25, 0.3) is 0 Å². The number of hydrogen-bond donors (Lipinski definition) is 0. The summed E-state index contributed by atoms with van der Waals surface area (Å²) in [6.45, 7) is 8.51. The van der Waals surface area contributed by atoms with Gasteiger partial charge in [0.2, 0.25) is 0 Å². The Balaban J connectivity index is 2.60. The molecule has 2 atom stereocenters. The summed E-state index contributed by atoms with van der Waals surface area (Å²) in [6, 6.07) is 8.18. The molecule has 0 saturated carbocycles. The third-order valence-corrected chi connectivity index (χ3v) is 3.77. The normalized spacial score (nSPS) is 14.6. The van der Waals surface area contributed by atoms with Crippen LogP contribution in [-0.4, -0.2) is 6.10 Å². The first-order valence-electron chi connectivity index (χ1n) is 6.95. The summed E-state index contributed by atoms with van der Waals surface area (Å²) >= 11 is 6.51. The highest BCUT2D eigenvalue weighted by Gasteiger charge is 2.16. The molecule has 1 aromatic carbocycles. The molecular formula is C16H25ClO. The van der Waals surface area contributed by atoms with E-state index in [4.69, 9.17) is 16.3 Å². The minimum atomic E-state index is 0.102. The van der Waals surface area contributed by atoms with E-state index in [1.165, 1.54) is 24.8 Å². The second kappa shape index (κ2) is 7.68. The van der Waals surface area contributed by atoms with E-state index < -0.39 is 0 Å². The van der Waals surface area contributed by atoms with E-state index in [-0.39, 0.29) is 11.5 Å². The van der Waals surface area contributed by atoms with Crippen molar-refractivity contribution < 1.29 is 4.74 Å². The zero-order valence-corrected chi connectivity index (χ0v) is 12.7. The molecule has 0 radical (unpaired) electrons. The van der Waals surface area contributed by atoms with E-state index in [2.05, 4.69) is 26.0 Å². The molecule has 0 aromatic heterocycles. The van der Waals surface area contributed by atoms with Crippen LogP contribution in [0.2, 0.25) is 0 Å². The number of benzene rings is 1. The van der Waals surface area contributed by atoms with Gasteiger partial charge < -0.3 is 4.74 Å². The summed E-state index contributed by atoms with van der Waals surface area (Å²) in [5, 5.41) is 0.102. The van der Waals surface area contributed by atoms with Gasteiger partial charge in [-0.05, 0) is 43.9 Å². The predicted molar refractivity (Wildman–Crippen MR) is 79.5 cm³/mol. The molecule has 0 aliphatic carbocycles. The lowest BCUT2D eigenvalue weighted by Gasteiger charge is -2.18. The molecule has 1 nitrogen and oxygen atoms in total. The largest absolute Gasteiger partial charge is 0.491 e. The van der Waals surface area contributed by atoms with Crippen molar-refractivity contribution in [1.29, 1.82) is 0 Å². The SMILES string of the molecule is CCCCC(C)C(Cl)c1ccc(OC(C)C)cc1. The summed E-state index contributed by atoms with van der Waals surface area (Å²) in [5.74, 6) is 1.43. The van der Waals surface area contributed by atoms with Gasteiger partial charge in [-0.2, -0.15) is 0 Å². The predicted octanol–water partition coefficient (Wildman–Crippen LogP) is 5.58. The molecule has 0 bridgehead atoms. The molecule has 0 fully saturated rings. The fraction of sp³-hybridized carbons (Fsp3) is 0.625. The summed E-state index contributed by atoms with van der Waals surface area (Å²) < 4.78 is 5.63. The van der Waals surface area contributed by atoms with Crippen molar-refractivity contribution in [3.05, 3.63) is 29.8 Å². The van der Waals surface area contributed by atoms with Gasteiger partial charge in [0.05, 0.1) is 11.5 Å². The van der Waals surface area contributed by atoms with Crippen molar-refractivity contribution in [2.45, 2.75) is 58.4 Å². The van der Waals surface area contributed by atoms with E-state index in [1.54, 1.807) is 0 Å². The fourth-order valence-corrected chi connectivity index (χ4v) is 2.27. The van der Waals surface area contributed by atoms with Crippen LogP contribution in [0.25, 0.3) is 0 Å². The van der Waals surface area contributed by atoms with E-state index >= 15 is 0 Å². The quantitative estimate of drug-likeness (QED) is 0.587.